The maximum Gasteiger partial charge on any atom is 0.319 e. The van der Waals surface area contributed by atoms with Gasteiger partial charge in [0.05, 0.1) is 0 Å². The number of urea groups is 1. The molecular weight excluding hydrogens is 267 g/mol. The Morgan fingerprint density at radius 2 is 2.00 bits per heavy atom. The van der Waals surface area contributed by atoms with E-state index in [1.807, 2.05) is 37.3 Å². The Hall–Kier alpha value is -2.62. The van der Waals surface area contributed by atoms with Crippen molar-refractivity contribution in [3.8, 4) is 0 Å². The Bertz CT molecular complexity index is 653. The second-order valence-electron chi connectivity index (χ2n) is 4.70. The maximum atomic E-state index is 13.0. The first-order valence-electron chi connectivity index (χ1n) is 6.65. The lowest BCUT2D eigenvalue weighted by Crippen LogP contribution is -2.31. The maximum absolute atomic E-state index is 13.0. The van der Waals surface area contributed by atoms with Gasteiger partial charge in [0.2, 0.25) is 0 Å². The van der Waals surface area contributed by atoms with Crippen LogP contribution in [0.3, 0.4) is 0 Å². The molecule has 0 aliphatic carbocycles. The number of carbonyl (C=O) groups excluding carboxylic acids is 1. The van der Waals surface area contributed by atoms with Crippen molar-refractivity contribution >= 4 is 12.1 Å². The first-order chi connectivity index (χ1) is 10.1. The van der Waals surface area contributed by atoms with Crippen LogP contribution in [0.5, 0.6) is 0 Å². The Balaban J connectivity index is 1.80. The Morgan fingerprint density at radius 3 is 2.76 bits per heavy atom. The van der Waals surface area contributed by atoms with E-state index in [-0.39, 0.29) is 18.4 Å². The highest BCUT2D eigenvalue weighted by Gasteiger charge is 1.99. The van der Waals surface area contributed by atoms with E-state index in [4.69, 9.17) is 0 Å². The largest absolute Gasteiger partial charge is 0.334 e. The molecule has 2 aromatic carbocycles. The number of rotatable bonds is 4. The summed E-state index contributed by atoms with van der Waals surface area (Å²) in [5.74, 6) is -0.311. The van der Waals surface area contributed by atoms with Crippen molar-refractivity contribution in [2.45, 2.75) is 13.5 Å². The molecule has 0 aliphatic heterocycles. The number of hydrogen-bond acceptors (Lipinski definition) is 1. The molecule has 2 aromatic rings. The average molecular weight is 284 g/mol. The summed E-state index contributed by atoms with van der Waals surface area (Å²) in [6.07, 6.45) is 3.39. The number of aryl methyl sites for hydroxylation is 1. The second-order valence-corrected chi connectivity index (χ2v) is 4.70. The summed E-state index contributed by atoms with van der Waals surface area (Å²) in [7, 11) is 0. The third kappa shape index (κ3) is 5.10. The quantitative estimate of drug-likeness (QED) is 0.885. The predicted octanol–water partition coefficient (Wildman–Crippen LogP) is 3.60. The fourth-order valence-corrected chi connectivity index (χ4v) is 1.87. The molecule has 0 bridgehead atoms. The van der Waals surface area contributed by atoms with Crippen LogP contribution in [0.2, 0.25) is 0 Å². The zero-order valence-electron chi connectivity index (χ0n) is 11.8. The molecule has 0 fully saturated rings. The lowest BCUT2D eigenvalue weighted by Gasteiger charge is -2.04. The molecule has 0 heterocycles. The van der Waals surface area contributed by atoms with E-state index >= 15 is 0 Å². The zero-order chi connectivity index (χ0) is 15.1. The first-order valence-corrected chi connectivity index (χ1v) is 6.65. The van der Waals surface area contributed by atoms with E-state index in [0.29, 0.717) is 5.56 Å². The Kier molecular flexibility index (Phi) is 5.10. The molecule has 0 saturated carbocycles. The molecule has 0 unspecified atom stereocenters. The summed E-state index contributed by atoms with van der Waals surface area (Å²) >= 11 is 0. The van der Waals surface area contributed by atoms with Crippen molar-refractivity contribution < 1.29 is 9.18 Å². The van der Waals surface area contributed by atoms with Gasteiger partial charge in [-0.2, -0.15) is 0 Å². The normalized spacial score (nSPS) is 10.6. The molecule has 2 amide bonds. The highest BCUT2D eigenvalue weighted by atomic mass is 19.1. The van der Waals surface area contributed by atoms with Gasteiger partial charge < -0.3 is 10.6 Å². The minimum atomic E-state index is -0.330. The van der Waals surface area contributed by atoms with Gasteiger partial charge in [-0.3, -0.25) is 0 Å². The summed E-state index contributed by atoms with van der Waals surface area (Å²) in [6, 6.07) is 13.7. The standard InChI is InChI=1S/C17H17FN2O/c1-13-4-2-5-14(10-13)8-9-19-17(21)20-12-15-6-3-7-16(18)11-15/h2-11H,12H2,1H3,(H2,19,20,21)/b9-8+. The SMILES string of the molecule is Cc1cccc(/C=C/NC(=O)NCc2cccc(F)c2)c1. The first kappa shape index (κ1) is 14.8. The fourth-order valence-electron chi connectivity index (χ4n) is 1.87. The molecule has 4 heteroatoms. The van der Waals surface area contributed by atoms with Crippen molar-refractivity contribution in [1.82, 2.24) is 10.6 Å². The van der Waals surface area contributed by atoms with Crippen LogP contribution >= 0.6 is 0 Å². The fraction of sp³-hybridized carbons (Fsp3) is 0.118. The van der Waals surface area contributed by atoms with Gasteiger partial charge >= 0.3 is 6.03 Å². The van der Waals surface area contributed by atoms with Gasteiger partial charge in [0.25, 0.3) is 0 Å². The van der Waals surface area contributed by atoms with Gasteiger partial charge in [0.1, 0.15) is 5.82 Å². The van der Waals surface area contributed by atoms with Gasteiger partial charge in [-0.25, -0.2) is 9.18 Å². The average Bonchev–Trinajstić information content (AvgIpc) is 2.45. The molecule has 0 atom stereocenters. The lowest BCUT2D eigenvalue weighted by molar-refractivity contribution is 0.244. The summed E-state index contributed by atoms with van der Waals surface area (Å²) in [4.78, 5) is 11.6. The van der Waals surface area contributed by atoms with Crippen LogP contribution in [0.25, 0.3) is 6.08 Å². The van der Waals surface area contributed by atoms with Crippen LogP contribution in [0.15, 0.2) is 54.7 Å². The van der Waals surface area contributed by atoms with Gasteiger partial charge in [0, 0.05) is 12.7 Å². The van der Waals surface area contributed by atoms with Crippen LogP contribution in [0, 0.1) is 12.7 Å². The molecular formula is C17H17FN2O. The van der Waals surface area contributed by atoms with Crippen LogP contribution in [-0.2, 0) is 6.54 Å². The number of hydrogen-bond donors (Lipinski definition) is 2. The van der Waals surface area contributed by atoms with Gasteiger partial charge in [-0.1, -0.05) is 42.0 Å². The summed E-state index contributed by atoms with van der Waals surface area (Å²) in [5, 5.41) is 5.27. The van der Waals surface area contributed by atoms with Gasteiger partial charge in [-0.15, -0.1) is 0 Å². The van der Waals surface area contributed by atoms with Crippen LogP contribution in [0.4, 0.5) is 9.18 Å². The summed E-state index contributed by atoms with van der Waals surface area (Å²) in [6.45, 7) is 2.29. The summed E-state index contributed by atoms with van der Waals surface area (Å²) < 4.78 is 13.0. The molecule has 2 rings (SSSR count). The lowest BCUT2D eigenvalue weighted by atomic mass is 10.1. The highest BCUT2D eigenvalue weighted by molar-refractivity contribution is 5.75. The minimum Gasteiger partial charge on any atom is -0.334 e. The van der Waals surface area contributed by atoms with Crippen molar-refractivity contribution in [1.29, 1.82) is 0 Å². The monoisotopic (exact) mass is 284 g/mol. The van der Waals surface area contributed by atoms with Crippen molar-refractivity contribution in [3.63, 3.8) is 0 Å². The van der Waals surface area contributed by atoms with Crippen LogP contribution in [0.1, 0.15) is 16.7 Å². The van der Waals surface area contributed by atoms with Gasteiger partial charge in [-0.05, 0) is 36.3 Å². The highest BCUT2D eigenvalue weighted by Crippen LogP contribution is 2.05. The molecule has 0 aromatic heterocycles. The second kappa shape index (κ2) is 7.24. The van der Waals surface area contributed by atoms with Crippen molar-refractivity contribution in [2.24, 2.45) is 0 Å². The van der Waals surface area contributed by atoms with Crippen molar-refractivity contribution in [3.05, 3.63) is 77.2 Å². The number of amides is 2. The van der Waals surface area contributed by atoms with Crippen LogP contribution in [-0.4, -0.2) is 6.03 Å². The van der Waals surface area contributed by atoms with E-state index in [1.165, 1.54) is 12.1 Å². The third-order valence-corrected chi connectivity index (χ3v) is 2.87. The molecule has 2 N–H and O–H groups in total. The van der Waals surface area contributed by atoms with Gasteiger partial charge in [0.15, 0.2) is 0 Å². The molecule has 0 radical (unpaired) electrons. The zero-order valence-corrected chi connectivity index (χ0v) is 11.8. The molecule has 3 nitrogen and oxygen atoms in total. The minimum absolute atomic E-state index is 0.280. The molecule has 0 aliphatic rings. The number of halogens is 1. The number of carbonyl (C=O) groups is 1. The molecule has 108 valence electrons. The summed E-state index contributed by atoms with van der Waals surface area (Å²) in [5.41, 5.74) is 2.89. The predicted molar refractivity (Wildman–Crippen MR) is 82.0 cm³/mol. The van der Waals surface area contributed by atoms with E-state index in [1.54, 1.807) is 18.3 Å². The molecule has 0 spiro atoms. The Labute approximate surface area is 123 Å². The van der Waals surface area contributed by atoms with E-state index in [0.717, 1.165) is 11.1 Å². The Morgan fingerprint density at radius 1 is 1.19 bits per heavy atom. The number of benzene rings is 2. The van der Waals surface area contributed by atoms with E-state index < -0.39 is 0 Å². The molecule has 0 saturated heterocycles. The topological polar surface area (TPSA) is 41.1 Å². The van der Waals surface area contributed by atoms with Crippen LogP contribution < -0.4 is 10.6 Å². The van der Waals surface area contributed by atoms with E-state index in [2.05, 4.69) is 10.6 Å². The van der Waals surface area contributed by atoms with Crippen molar-refractivity contribution in [2.75, 3.05) is 0 Å². The smallest absolute Gasteiger partial charge is 0.319 e. The van der Waals surface area contributed by atoms with E-state index in [9.17, 15) is 9.18 Å². The third-order valence-electron chi connectivity index (χ3n) is 2.87. The number of nitrogens with one attached hydrogen (secondary N) is 2. The molecule has 21 heavy (non-hydrogen) atoms.